The van der Waals surface area contributed by atoms with Gasteiger partial charge >= 0.3 is 0 Å². The quantitative estimate of drug-likeness (QED) is 0.644. The highest BCUT2D eigenvalue weighted by atomic mass is 16.2. The van der Waals surface area contributed by atoms with Gasteiger partial charge in [0.15, 0.2) is 0 Å². The molecule has 0 radical (unpaired) electrons. The Labute approximate surface area is 152 Å². The maximum atomic E-state index is 12.9. The van der Waals surface area contributed by atoms with Crippen LogP contribution in [-0.4, -0.2) is 16.7 Å². The van der Waals surface area contributed by atoms with Crippen molar-refractivity contribution in [3.05, 3.63) is 113 Å². The lowest BCUT2D eigenvalue weighted by Gasteiger charge is -2.24. The molecular formula is C23H17NO2. The van der Waals surface area contributed by atoms with Crippen LogP contribution in [0.1, 0.15) is 37.9 Å². The van der Waals surface area contributed by atoms with Gasteiger partial charge in [0.1, 0.15) is 0 Å². The van der Waals surface area contributed by atoms with Crippen molar-refractivity contribution in [1.82, 2.24) is 4.90 Å². The van der Waals surface area contributed by atoms with Crippen LogP contribution in [0.5, 0.6) is 0 Å². The summed E-state index contributed by atoms with van der Waals surface area (Å²) in [5, 5.41) is 0. The van der Waals surface area contributed by atoms with Crippen LogP contribution >= 0.6 is 0 Å². The number of hydrogen-bond acceptors (Lipinski definition) is 2. The molecule has 0 aliphatic carbocycles. The lowest BCUT2D eigenvalue weighted by Crippen LogP contribution is -2.33. The molecule has 126 valence electrons. The van der Waals surface area contributed by atoms with Crippen molar-refractivity contribution in [2.45, 2.75) is 6.04 Å². The van der Waals surface area contributed by atoms with Crippen molar-refractivity contribution in [3.63, 3.8) is 0 Å². The van der Waals surface area contributed by atoms with E-state index in [1.165, 1.54) is 4.90 Å². The van der Waals surface area contributed by atoms with Crippen molar-refractivity contribution in [1.29, 1.82) is 0 Å². The van der Waals surface area contributed by atoms with E-state index in [2.05, 4.69) is 0 Å². The molecule has 2 amide bonds. The van der Waals surface area contributed by atoms with Gasteiger partial charge in [0.25, 0.3) is 11.8 Å². The third-order valence-corrected chi connectivity index (χ3v) is 4.52. The zero-order chi connectivity index (χ0) is 17.9. The van der Waals surface area contributed by atoms with Gasteiger partial charge in [0.05, 0.1) is 17.2 Å². The summed E-state index contributed by atoms with van der Waals surface area (Å²) in [6.45, 7) is 0. The summed E-state index contributed by atoms with van der Waals surface area (Å²) in [6, 6.07) is 26.0. The highest BCUT2D eigenvalue weighted by Gasteiger charge is 2.39. The first-order valence-electron chi connectivity index (χ1n) is 8.51. The Bertz CT molecular complexity index is 942. The molecule has 1 atom stereocenters. The fourth-order valence-electron chi connectivity index (χ4n) is 3.22. The molecule has 0 bridgehead atoms. The number of hydrogen-bond donors (Lipinski definition) is 0. The maximum absolute atomic E-state index is 12.9. The van der Waals surface area contributed by atoms with Gasteiger partial charge in [0, 0.05) is 0 Å². The summed E-state index contributed by atoms with van der Waals surface area (Å²) in [7, 11) is 0. The van der Waals surface area contributed by atoms with Crippen LogP contribution in [0, 0.1) is 0 Å². The molecule has 3 aromatic carbocycles. The standard InChI is InChI=1S/C23H17NO2/c25-22-19-13-7-8-14-20(19)23(26)24(22)21(18-11-5-2-6-12-18)16-15-17-9-3-1-4-10-17/h1-16,21H/b16-15+/t21-/m1/s1. The summed E-state index contributed by atoms with van der Waals surface area (Å²) < 4.78 is 0. The van der Waals surface area contributed by atoms with E-state index in [4.69, 9.17) is 0 Å². The third kappa shape index (κ3) is 2.84. The van der Waals surface area contributed by atoms with E-state index in [0.29, 0.717) is 11.1 Å². The molecule has 0 saturated carbocycles. The minimum atomic E-state index is -0.455. The molecule has 26 heavy (non-hydrogen) atoms. The number of amides is 2. The first-order chi connectivity index (χ1) is 12.8. The predicted octanol–water partition coefficient (Wildman–Crippen LogP) is 4.74. The van der Waals surface area contributed by atoms with E-state index >= 15 is 0 Å². The van der Waals surface area contributed by atoms with Crippen molar-refractivity contribution in [3.8, 4) is 0 Å². The Hall–Kier alpha value is -3.46. The van der Waals surface area contributed by atoms with Crippen LogP contribution in [0.2, 0.25) is 0 Å². The maximum Gasteiger partial charge on any atom is 0.262 e. The zero-order valence-electron chi connectivity index (χ0n) is 14.1. The summed E-state index contributed by atoms with van der Waals surface area (Å²) in [5.74, 6) is -0.505. The molecule has 1 heterocycles. The van der Waals surface area contributed by atoms with Crippen molar-refractivity contribution >= 4 is 17.9 Å². The largest absolute Gasteiger partial charge is 0.269 e. The Morgan fingerprint density at radius 2 is 1.15 bits per heavy atom. The molecule has 3 aromatic rings. The fraction of sp³-hybridized carbons (Fsp3) is 0.0435. The monoisotopic (exact) mass is 339 g/mol. The SMILES string of the molecule is O=C1c2ccccc2C(=O)N1[C@H](/C=C/c1ccccc1)c1ccccc1. The van der Waals surface area contributed by atoms with Crippen molar-refractivity contribution in [2.75, 3.05) is 0 Å². The van der Waals surface area contributed by atoms with Crippen molar-refractivity contribution in [2.24, 2.45) is 0 Å². The molecule has 0 spiro atoms. The van der Waals surface area contributed by atoms with Crippen LogP contribution < -0.4 is 0 Å². The first kappa shape index (κ1) is 16.0. The molecule has 1 aliphatic rings. The second kappa shape index (κ2) is 6.81. The third-order valence-electron chi connectivity index (χ3n) is 4.52. The van der Waals surface area contributed by atoms with Gasteiger partial charge in [-0.1, -0.05) is 84.9 Å². The summed E-state index contributed by atoms with van der Waals surface area (Å²) >= 11 is 0. The van der Waals surface area contributed by atoms with E-state index < -0.39 is 6.04 Å². The molecular weight excluding hydrogens is 322 g/mol. The Balaban J connectivity index is 1.76. The number of benzene rings is 3. The molecule has 3 nitrogen and oxygen atoms in total. The predicted molar refractivity (Wildman–Crippen MR) is 102 cm³/mol. The molecule has 4 rings (SSSR count). The highest BCUT2D eigenvalue weighted by Crippen LogP contribution is 2.32. The van der Waals surface area contributed by atoms with Gasteiger partial charge in [-0.3, -0.25) is 14.5 Å². The van der Waals surface area contributed by atoms with Gasteiger partial charge in [-0.2, -0.15) is 0 Å². The lowest BCUT2D eigenvalue weighted by molar-refractivity contribution is 0.0614. The number of nitrogens with zero attached hydrogens (tertiary/aromatic N) is 1. The number of carbonyl (C=O) groups is 2. The van der Waals surface area contributed by atoms with Crippen molar-refractivity contribution < 1.29 is 9.59 Å². The summed E-state index contributed by atoms with van der Waals surface area (Å²) in [6.07, 6.45) is 3.85. The zero-order valence-corrected chi connectivity index (χ0v) is 14.1. The van der Waals surface area contributed by atoms with Gasteiger partial charge in [0.2, 0.25) is 0 Å². The summed E-state index contributed by atoms with van der Waals surface area (Å²) in [4.78, 5) is 27.2. The van der Waals surface area contributed by atoms with E-state index in [-0.39, 0.29) is 11.8 Å². The average molecular weight is 339 g/mol. The first-order valence-corrected chi connectivity index (χ1v) is 8.51. The molecule has 0 N–H and O–H groups in total. The van der Waals surface area contributed by atoms with Gasteiger partial charge in [-0.25, -0.2) is 0 Å². The lowest BCUT2D eigenvalue weighted by atomic mass is 10.0. The van der Waals surface area contributed by atoms with Gasteiger partial charge in [-0.05, 0) is 23.3 Å². The minimum absolute atomic E-state index is 0.253. The van der Waals surface area contributed by atoms with Crippen LogP contribution in [0.4, 0.5) is 0 Å². The van der Waals surface area contributed by atoms with Gasteiger partial charge in [-0.15, -0.1) is 0 Å². The van der Waals surface area contributed by atoms with E-state index in [9.17, 15) is 9.59 Å². The molecule has 1 aliphatic heterocycles. The molecule has 0 fully saturated rings. The Kier molecular flexibility index (Phi) is 4.20. The van der Waals surface area contributed by atoms with Crippen LogP contribution in [0.15, 0.2) is 91.0 Å². The Morgan fingerprint density at radius 1 is 0.654 bits per heavy atom. The second-order valence-electron chi connectivity index (χ2n) is 6.15. The van der Waals surface area contributed by atoms with Crippen LogP contribution in [0.25, 0.3) is 6.08 Å². The van der Waals surface area contributed by atoms with E-state index in [1.54, 1.807) is 24.3 Å². The topological polar surface area (TPSA) is 37.4 Å². The fourth-order valence-corrected chi connectivity index (χ4v) is 3.22. The molecule has 0 saturated heterocycles. The molecule has 0 unspecified atom stereocenters. The normalized spacial score (nSPS) is 14.7. The number of fused-ring (bicyclic) bond motifs is 1. The molecule has 0 aromatic heterocycles. The summed E-state index contributed by atoms with van der Waals surface area (Å²) in [5.41, 5.74) is 2.84. The molecule has 3 heteroatoms. The highest BCUT2D eigenvalue weighted by molar-refractivity contribution is 6.21. The Morgan fingerprint density at radius 3 is 1.73 bits per heavy atom. The smallest absolute Gasteiger partial charge is 0.262 e. The van der Waals surface area contributed by atoms with E-state index in [0.717, 1.165) is 11.1 Å². The number of carbonyl (C=O) groups excluding carboxylic acids is 2. The number of rotatable bonds is 4. The van der Waals surface area contributed by atoms with Crippen LogP contribution in [0.3, 0.4) is 0 Å². The van der Waals surface area contributed by atoms with Gasteiger partial charge < -0.3 is 0 Å². The van der Waals surface area contributed by atoms with E-state index in [1.807, 2.05) is 72.8 Å². The number of imide groups is 1. The average Bonchev–Trinajstić information content (AvgIpc) is 2.95. The minimum Gasteiger partial charge on any atom is -0.269 e. The van der Waals surface area contributed by atoms with Crippen LogP contribution in [-0.2, 0) is 0 Å². The second-order valence-corrected chi connectivity index (χ2v) is 6.15.